The van der Waals surface area contributed by atoms with Crippen LogP contribution in [0.3, 0.4) is 0 Å². The molecule has 2 heterocycles. The number of hydrogen-bond acceptors (Lipinski definition) is 5. The van der Waals surface area contributed by atoms with Crippen LogP contribution in [-0.2, 0) is 20.0 Å². The predicted molar refractivity (Wildman–Crippen MR) is 102 cm³/mol. The summed E-state index contributed by atoms with van der Waals surface area (Å²) in [6.07, 6.45) is 1.71. The fourth-order valence-corrected chi connectivity index (χ4v) is 3.63. The first kappa shape index (κ1) is 19.8. The zero-order valence-corrected chi connectivity index (χ0v) is 15.8. The number of aryl methyl sites for hydroxylation is 1. The van der Waals surface area contributed by atoms with Crippen LogP contribution >= 0.6 is 0 Å². The van der Waals surface area contributed by atoms with E-state index in [4.69, 9.17) is 5.73 Å². The summed E-state index contributed by atoms with van der Waals surface area (Å²) >= 11 is 0. The van der Waals surface area contributed by atoms with Gasteiger partial charge in [-0.15, -0.1) is 0 Å². The highest BCUT2D eigenvalue weighted by Gasteiger charge is 2.27. The molecule has 0 aliphatic carbocycles. The summed E-state index contributed by atoms with van der Waals surface area (Å²) in [5.74, 6) is -2.22. The fraction of sp³-hybridized carbons (Fsp3) is 0.421. The molecule has 1 aliphatic rings. The molecular weight excluding hydrogens is 370 g/mol. The van der Waals surface area contributed by atoms with E-state index in [0.29, 0.717) is 31.4 Å². The van der Waals surface area contributed by atoms with Crippen molar-refractivity contribution in [1.82, 2.24) is 9.13 Å². The first-order chi connectivity index (χ1) is 13.3. The molecule has 0 bridgehead atoms. The number of benzene rings is 1. The Kier molecular flexibility index (Phi) is 5.35. The molecule has 1 aromatic carbocycles. The SMILES string of the molecule is CCCn1c(N)c(C(=O)CN2CCCc3cc(F)cc(F)c32)c(=O)n(C)c1=O. The number of fused-ring (bicyclic) bond motifs is 1. The molecule has 0 fully saturated rings. The lowest BCUT2D eigenvalue weighted by Gasteiger charge is -2.31. The Morgan fingerprint density at radius 2 is 1.96 bits per heavy atom. The molecule has 2 aromatic rings. The third kappa shape index (κ3) is 3.32. The molecule has 0 radical (unpaired) electrons. The predicted octanol–water partition coefficient (Wildman–Crippen LogP) is 1.45. The second-order valence-corrected chi connectivity index (χ2v) is 6.90. The van der Waals surface area contributed by atoms with E-state index < -0.39 is 28.7 Å². The Morgan fingerprint density at radius 1 is 1.25 bits per heavy atom. The van der Waals surface area contributed by atoms with Crippen LogP contribution < -0.4 is 21.9 Å². The number of carbonyl (C=O) groups is 1. The van der Waals surface area contributed by atoms with Gasteiger partial charge in [0, 0.05) is 26.2 Å². The van der Waals surface area contributed by atoms with E-state index in [2.05, 4.69) is 0 Å². The molecular formula is C19H22F2N4O3. The molecule has 28 heavy (non-hydrogen) atoms. The molecule has 150 valence electrons. The van der Waals surface area contributed by atoms with Crippen molar-refractivity contribution in [1.29, 1.82) is 0 Å². The molecule has 1 aliphatic heterocycles. The van der Waals surface area contributed by atoms with E-state index in [1.165, 1.54) is 22.6 Å². The largest absolute Gasteiger partial charge is 0.384 e. The maximum Gasteiger partial charge on any atom is 0.332 e. The van der Waals surface area contributed by atoms with Crippen molar-refractivity contribution in [3.8, 4) is 0 Å². The number of hydrogen-bond donors (Lipinski definition) is 1. The minimum absolute atomic E-state index is 0.165. The number of halogens is 2. The van der Waals surface area contributed by atoms with E-state index in [9.17, 15) is 23.2 Å². The van der Waals surface area contributed by atoms with Crippen molar-refractivity contribution in [3.63, 3.8) is 0 Å². The first-order valence-electron chi connectivity index (χ1n) is 9.11. The third-order valence-corrected chi connectivity index (χ3v) is 4.94. The van der Waals surface area contributed by atoms with Gasteiger partial charge >= 0.3 is 5.69 Å². The highest BCUT2D eigenvalue weighted by atomic mass is 19.1. The number of anilines is 2. The van der Waals surface area contributed by atoms with Crippen LogP contribution in [0.2, 0.25) is 0 Å². The van der Waals surface area contributed by atoms with Gasteiger partial charge < -0.3 is 10.6 Å². The van der Waals surface area contributed by atoms with Crippen molar-refractivity contribution in [2.75, 3.05) is 23.7 Å². The van der Waals surface area contributed by atoms with E-state index in [1.807, 2.05) is 6.92 Å². The zero-order valence-electron chi connectivity index (χ0n) is 15.8. The lowest BCUT2D eigenvalue weighted by atomic mass is 10.00. The summed E-state index contributed by atoms with van der Waals surface area (Å²) in [6, 6.07) is 2.03. The number of nitrogen functional groups attached to an aromatic ring is 1. The maximum atomic E-state index is 14.3. The summed E-state index contributed by atoms with van der Waals surface area (Å²) in [4.78, 5) is 39.2. The maximum absolute atomic E-state index is 14.3. The second-order valence-electron chi connectivity index (χ2n) is 6.90. The number of carbonyl (C=O) groups excluding carboxylic acids is 1. The van der Waals surface area contributed by atoms with E-state index >= 15 is 0 Å². The monoisotopic (exact) mass is 392 g/mol. The molecule has 2 N–H and O–H groups in total. The summed E-state index contributed by atoms with van der Waals surface area (Å²) in [7, 11) is 1.28. The average Bonchev–Trinajstić information content (AvgIpc) is 2.63. The summed E-state index contributed by atoms with van der Waals surface area (Å²) in [6.45, 7) is 2.19. The van der Waals surface area contributed by atoms with Gasteiger partial charge in [-0.1, -0.05) is 6.92 Å². The molecule has 0 atom stereocenters. The number of nitrogens with two attached hydrogens (primary N) is 1. The topological polar surface area (TPSA) is 90.3 Å². The Hall–Kier alpha value is -2.97. The van der Waals surface area contributed by atoms with Crippen LogP contribution in [0.25, 0.3) is 0 Å². The Bertz CT molecular complexity index is 1060. The lowest BCUT2D eigenvalue weighted by molar-refractivity contribution is 0.0996. The molecule has 1 aromatic heterocycles. The Morgan fingerprint density at radius 3 is 2.64 bits per heavy atom. The van der Waals surface area contributed by atoms with Crippen molar-refractivity contribution in [3.05, 3.63) is 55.7 Å². The van der Waals surface area contributed by atoms with Crippen LogP contribution in [0.15, 0.2) is 21.7 Å². The van der Waals surface area contributed by atoms with Crippen LogP contribution in [-0.4, -0.2) is 28.0 Å². The molecule has 0 unspecified atom stereocenters. The molecule has 3 rings (SSSR count). The van der Waals surface area contributed by atoms with Gasteiger partial charge in [0.25, 0.3) is 5.56 Å². The Balaban J connectivity index is 2.02. The highest BCUT2D eigenvalue weighted by molar-refractivity contribution is 6.02. The second kappa shape index (κ2) is 7.57. The number of rotatable bonds is 5. The lowest BCUT2D eigenvalue weighted by Crippen LogP contribution is -2.44. The van der Waals surface area contributed by atoms with Crippen molar-refractivity contribution >= 4 is 17.3 Å². The summed E-state index contributed by atoms with van der Waals surface area (Å²) in [5.41, 5.74) is 4.96. The van der Waals surface area contributed by atoms with E-state index in [1.54, 1.807) is 0 Å². The van der Waals surface area contributed by atoms with Gasteiger partial charge in [0.15, 0.2) is 5.78 Å². The minimum Gasteiger partial charge on any atom is -0.384 e. The molecule has 0 saturated heterocycles. The fourth-order valence-electron chi connectivity index (χ4n) is 3.63. The quantitative estimate of drug-likeness (QED) is 0.778. The van der Waals surface area contributed by atoms with Crippen molar-refractivity contribution in [2.24, 2.45) is 7.05 Å². The molecule has 9 heteroatoms. The van der Waals surface area contributed by atoms with E-state index in [0.717, 1.165) is 10.6 Å². The van der Waals surface area contributed by atoms with Gasteiger partial charge in [0.2, 0.25) is 0 Å². The van der Waals surface area contributed by atoms with Gasteiger partial charge in [-0.3, -0.25) is 18.7 Å². The van der Waals surface area contributed by atoms with Gasteiger partial charge in [-0.05, 0) is 30.9 Å². The summed E-state index contributed by atoms with van der Waals surface area (Å²) in [5, 5.41) is 0. The van der Waals surface area contributed by atoms with Gasteiger partial charge in [-0.25, -0.2) is 13.6 Å². The Labute approximate surface area is 160 Å². The number of aromatic nitrogens is 2. The third-order valence-electron chi connectivity index (χ3n) is 4.94. The van der Waals surface area contributed by atoms with Gasteiger partial charge in [0.05, 0.1) is 12.2 Å². The van der Waals surface area contributed by atoms with Gasteiger partial charge in [-0.2, -0.15) is 0 Å². The minimum atomic E-state index is -0.781. The van der Waals surface area contributed by atoms with E-state index in [-0.39, 0.29) is 30.2 Å². The molecule has 0 spiro atoms. The molecule has 7 nitrogen and oxygen atoms in total. The normalized spacial score (nSPS) is 13.5. The van der Waals surface area contributed by atoms with Crippen molar-refractivity contribution in [2.45, 2.75) is 32.7 Å². The van der Waals surface area contributed by atoms with Crippen LogP contribution in [0.1, 0.15) is 35.7 Å². The zero-order chi connectivity index (χ0) is 20.6. The average molecular weight is 392 g/mol. The number of Topliss-reactive ketones (excluding diaryl/α,β-unsaturated/α-hetero) is 1. The van der Waals surface area contributed by atoms with Gasteiger partial charge in [0.1, 0.15) is 23.0 Å². The smallest absolute Gasteiger partial charge is 0.332 e. The standard InChI is InChI=1S/C19H22F2N4O3/c1-3-6-25-17(22)15(18(27)23(2)19(25)28)14(26)10-24-7-4-5-11-8-12(20)9-13(21)16(11)24/h8-9H,3-7,10,22H2,1-2H3. The number of ketones is 1. The molecule has 0 saturated carbocycles. The van der Waals surface area contributed by atoms with Crippen LogP contribution in [0.4, 0.5) is 20.3 Å². The highest BCUT2D eigenvalue weighted by Crippen LogP contribution is 2.31. The summed E-state index contributed by atoms with van der Waals surface area (Å²) < 4.78 is 29.9. The molecule has 0 amide bonds. The van der Waals surface area contributed by atoms with Crippen LogP contribution in [0.5, 0.6) is 0 Å². The van der Waals surface area contributed by atoms with Crippen molar-refractivity contribution < 1.29 is 13.6 Å². The number of nitrogens with zero attached hydrogens (tertiary/aromatic N) is 3. The van der Waals surface area contributed by atoms with Crippen LogP contribution in [0, 0.1) is 11.6 Å². The first-order valence-corrected chi connectivity index (χ1v) is 9.11.